The lowest BCUT2D eigenvalue weighted by atomic mass is 10.2. The Morgan fingerprint density at radius 3 is 2.52 bits per heavy atom. The van der Waals surface area contributed by atoms with E-state index in [9.17, 15) is 0 Å². The summed E-state index contributed by atoms with van der Waals surface area (Å²) in [5.41, 5.74) is 2.55. The molecule has 0 radical (unpaired) electrons. The number of para-hydroxylation sites is 1. The van der Waals surface area contributed by atoms with Crippen LogP contribution in [-0.4, -0.2) is 19.7 Å². The molecule has 2 heterocycles. The summed E-state index contributed by atoms with van der Waals surface area (Å²) in [6, 6.07) is 17.4. The molecular weight excluding hydrogens is 328 g/mol. The van der Waals surface area contributed by atoms with Crippen molar-refractivity contribution in [3.8, 4) is 17.1 Å². The van der Waals surface area contributed by atoms with E-state index in [1.807, 2.05) is 59.3 Å². The molecule has 0 unspecified atom stereocenters. The van der Waals surface area contributed by atoms with Crippen LogP contribution in [0.3, 0.4) is 0 Å². The summed E-state index contributed by atoms with van der Waals surface area (Å²) in [5.74, 6) is 0.630. The Bertz CT molecular complexity index is 1050. The van der Waals surface area contributed by atoms with Gasteiger partial charge in [0.1, 0.15) is 16.1 Å². The molecule has 112 valence electrons. The second-order valence-corrected chi connectivity index (χ2v) is 5.82. The lowest BCUT2D eigenvalue weighted by molar-refractivity contribution is 0.896. The number of H-pyrrole nitrogens is 1. The maximum Gasteiger partial charge on any atom is 0.145 e. The number of fused-ring (bicyclic) bond motifs is 1. The Labute approximate surface area is 142 Å². The second kappa shape index (κ2) is 5.61. The molecular formula is C17H11ClN4S. The van der Waals surface area contributed by atoms with Crippen LogP contribution in [0.25, 0.3) is 28.1 Å². The summed E-state index contributed by atoms with van der Waals surface area (Å²) in [5, 5.41) is 5.86. The lowest BCUT2D eigenvalue weighted by Crippen LogP contribution is -1.99. The van der Waals surface area contributed by atoms with Gasteiger partial charge in [-0.3, -0.25) is 0 Å². The van der Waals surface area contributed by atoms with E-state index in [2.05, 4.69) is 15.1 Å². The first-order valence-electron chi connectivity index (χ1n) is 7.02. The van der Waals surface area contributed by atoms with Crippen molar-refractivity contribution in [2.24, 2.45) is 0 Å². The number of hydrogen-bond acceptors (Lipinski definition) is 3. The average Bonchev–Trinajstić information content (AvgIpc) is 3.00. The molecule has 4 rings (SSSR count). The van der Waals surface area contributed by atoms with Crippen LogP contribution in [0.15, 0.2) is 60.8 Å². The molecule has 0 aliphatic heterocycles. The average molecular weight is 339 g/mol. The number of aromatic nitrogens is 4. The minimum atomic E-state index is 0.496. The highest BCUT2D eigenvalue weighted by Crippen LogP contribution is 2.27. The fraction of sp³-hybridized carbons (Fsp3) is 0. The molecule has 6 heteroatoms. The molecule has 0 aliphatic carbocycles. The molecule has 2 aromatic heterocycles. The molecule has 1 N–H and O–H groups in total. The van der Waals surface area contributed by atoms with Gasteiger partial charge in [0, 0.05) is 5.56 Å². The van der Waals surface area contributed by atoms with E-state index in [0.717, 1.165) is 22.3 Å². The van der Waals surface area contributed by atoms with E-state index in [4.69, 9.17) is 23.8 Å². The van der Waals surface area contributed by atoms with E-state index in [0.29, 0.717) is 15.5 Å². The first kappa shape index (κ1) is 14.1. The molecule has 23 heavy (non-hydrogen) atoms. The number of nitrogens with zero attached hydrogens (tertiary/aromatic N) is 3. The van der Waals surface area contributed by atoms with Crippen LogP contribution in [0.4, 0.5) is 0 Å². The SMILES string of the molecule is S=c1nc(-c2ccccc2Cl)[nH]c2c1cnn2-c1ccccc1. The standard InChI is InChI=1S/C17H11ClN4S/c18-14-9-5-4-8-12(14)15-20-16-13(17(23)21-15)10-19-22(16)11-6-2-1-3-7-11/h1-10H,(H,20,21,23). The minimum Gasteiger partial charge on any atom is -0.324 e. The van der Waals surface area contributed by atoms with E-state index in [-0.39, 0.29) is 0 Å². The Kier molecular flexibility index (Phi) is 3.44. The zero-order valence-corrected chi connectivity index (χ0v) is 13.5. The third kappa shape index (κ3) is 2.44. The van der Waals surface area contributed by atoms with E-state index in [1.54, 1.807) is 6.20 Å². The molecule has 0 amide bonds. The van der Waals surface area contributed by atoms with E-state index >= 15 is 0 Å². The molecule has 0 atom stereocenters. The molecule has 4 nitrogen and oxygen atoms in total. The van der Waals surface area contributed by atoms with E-state index < -0.39 is 0 Å². The monoisotopic (exact) mass is 338 g/mol. The first-order valence-corrected chi connectivity index (χ1v) is 7.81. The van der Waals surface area contributed by atoms with Gasteiger partial charge in [-0.2, -0.15) is 5.10 Å². The van der Waals surface area contributed by atoms with Gasteiger partial charge in [-0.25, -0.2) is 9.67 Å². The predicted octanol–water partition coefficient (Wildman–Crippen LogP) is 4.80. The zero-order valence-electron chi connectivity index (χ0n) is 11.9. The van der Waals surface area contributed by atoms with Crippen LogP contribution in [0.2, 0.25) is 5.02 Å². The van der Waals surface area contributed by atoms with Crippen LogP contribution >= 0.6 is 23.8 Å². The molecule has 0 fully saturated rings. The molecule has 0 saturated heterocycles. The maximum absolute atomic E-state index is 6.28. The quantitative estimate of drug-likeness (QED) is 0.534. The summed E-state index contributed by atoms with van der Waals surface area (Å²) < 4.78 is 2.31. The molecule has 4 aromatic rings. The zero-order chi connectivity index (χ0) is 15.8. The topological polar surface area (TPSA) is 46.5 Å². The highest BCUT2D eigenvalue weighted by molar-refractivity contribution is 7.71. The molecule has 0 aliphatic rings. The smallest absolute Gasteiger partial charge is 0.145 e. The Morgan fingerprint density at radius 2 is 1.74 bits per heavy atom. The molecule has 2 aromatic carbocycles. The van der Waals surface area contributed by atoms with Gasteiger partial charge in [-0.05, 0) is 24.3 Å². The number of halogens is 1. The normalized spacial score (nSPS) is 11.0. The second-order valence-electron chi connectivity index (χ2n) is 5.02. The predicted molar refractivity (Wildman–Crippen MR) is 94.5 cm³/mol. The Hall–Kier alpha value is -2.50. The molecule has 0 spiro atoms. The van der Waals surface area contributed by atoms with Gasteiger partial charge >= 0.3 is 0 Å². The summed E-state index contributed by atoms with van der Waals surface area (Å²) in [4.78, 5) is 7.77. The highest BCUT2D eigenvalue weighted by atomic mass is 35.5. The maximum atomic E-state index is 6.28. The minimum absolute atomic E-state index is 0.496. The van der Waals surface area contributed by atoms with Crippen molar-refractivity contribution in [1.82, 2.24) is 19.7 Å². The van der Waals surface area contributed by atoms with Gasteiger partial charge in [-0.1, -0.05) is 54.2 Å². The number of rotatable bonds is 2. The van der Waals surface area contributed by atoms with Crippen molar-refractivity contribution < 1.29 is 0 Å². The van der Waals surface area contributed by atoms with Crippen molar-refractivity contribution in [3.05, 3.63) is 70.5 Å². The molecule has 0 saturated carbocycles. The van der Waals surface area contributed by atoms with Crippen molar-refractivity contribution >= 4 is 34.9 Å². The van der Waals surface area contributed by atoms with Gasteiger partial charge in [0.15, 0.2) is 0 Å². The van der Waals surface area contributed by atoms with Crippen molar-refractivity contribution in [1.29, 1.82) is 0 Å². The summed E-state index contributed by atoms with van der Waals surface area (Å²) in [6.45, 7) is 0. The number of hydrogen-bond donors (Lipinski definition) is 1. The summed E-state index contributed by atoms with van der Waals surface area (Å²) >= 11 is 11.7. The highest BCUT2D eigenvalue weighted by Gasteiger charge is 2.11. The first-order chi connectivity index (χ1) is 11.2. The van der Waals surface area contributed by atoms with Gasteiger partial charge in [0.25, 0.3) is 0 Å². The number of benzene rings is 2. The van der Waals surface area contributed by atoms with Crippen molar-refractivity contribution in [2.45, 2.75) is 0 Å². The fourth-order valence-corrected chi connectivity index (χ4v) is 2.94. The number of aromatic amines is 1. The third-order valence-electron chi connectivity index (χ3n) is 3.58. The fourth-order valence-electron chi connectivity index (χ4n) is 2.47. The van der Waals surface area contributed by atoms with E-state index in [1.165, 1.54) is 0 Å². The third-order valence-corrected chi connectivity index (χ3v) is 4.22. The van der Waals surface area contributed by atoms with Crippen LogP contribution in [-0.2, 0) is 0 Å². The lowest BCUT2D eigenvalue weighted by Gasteiger charge is -2.07. The summed E-state index contributed by atoms with van der Waals surface area (Å²) in [6.07, 6.45) is 1.73. The van der Waals surface area contributed by atoms with Crippen LogP contribution in [0.5, 0.6) is 0 Å². The summed E-state index contributed by atoms with van der Waals surface area (Å²) in [7, 11) is 0. The van der Waals surface area contributed by atoms with Gasteiger partial charge in [0.05, 0.1) is 22.3 Å². The van der Waals surface area contributed by atoms with Crippen LogP contribution in [0.1, 0.15) is 0 Å². The van der Waals surface area contributed by atoms with Gasteiger partial charge in [0.2, 0.25) is 0 Å². The van der Waals surface area contributed by atoms with Crippen molar-refractivity contribution in [3.63, 3.8) is 0 Å². The van der Waals surface area contributed by atoms with Crippen LogP contribution in [0, 0.1) is 4.64 Å². The van der Waals surface area contributed by atoms with Crippen molar-refractivity contribution in [2.75, 3.05) is 0 Å². The number of nitrogens with one attached hydrogen (secondary N) is 1. The molecule has 0 bridgehead atoms. The van der Waals surface area contributed by atoms with Crippen LogP contribution < -0.4 is 0 Å². The Morgan fingerprint density at radius 1 is 1.00 bits per heavy atom. The van der Waals surface area contributed by atoms with Gasteiger partial charge in [-0.15, -0.1) is 0 Å². The van der Waals surface area contributed by atoms with Gasteiger partial charge < -0.3 is 4.98 Å². The Balaban J connectivity index is 2.00. The largest absolute Gasteiger partial charge is 0.324 e.